The fraction of sp³-hybridized carbons (Fsp3) is 0.600. The van der Waals surface area contributed by atoms with E-state index in [1.165, 1.54) is 7.11 Å². The van der Waals surface area contributed by atoms with Crippen molar-refractivity contribution in [3.8, 4) is 0 Å². The van der Waals surface area contributed by atoms with Crippen LogP contribution in [-0.2, 0) is 14.3 Å². The van der Waals surface area contributed by atoms with Crippen LogP contribution in [0.4, 0.5) is 17.8 Å². The van der Waals surface area contributed by atoms with Crippen molar-refractivity contribution < 1.29 is 14.3 Å². The number of hydrogen-bond donors (Lipinski definition) is 3. The summed E-state index contributed by atoms with van der Waals surface area (Å²) in [7, 11) is 1.31. The maximum atomic E-state index is 11.1. The number of nitrogens with two attached hydrogens (primary N) is 1. The number of esters is 1. The van der Waals surface area contributed by atoms with Crippen LogP contribution in [0, 0.1) is 0 Å². The number of methoxy groups -OCH3 is 1. The highest BCUT2D eigenvalue weighted by Crippen LogP contribution is 2.14. The largest absolute Gasteiger partial charge is 0.468 e. The zero-order valence-electron chi connectivity index (χ0n) is 11.1. The van der Waals surface area contributed by atoms with Gasteiger partial charge in [0.05, 0.1) is 20.3 Å². The maximum absolute atomic E-state index is 11.1. The van der Waals surface area contributed by atoms with Gasteiger partial charge in [0, 0.05) is 13.1 Å². The van der Waals surface area contributed by atoms with Gasteiger partial charge >= 0.3 is 5.97 Å². The van der Waals surface area contributed by atoms with E-state index < -0.39 is 5.97 Å². The first-order valence-corrected chi connectivity index (χ1v) is 6.09. The number of nitrogens with one attached hydrogen (secondary N) is 2. The number of aromatic nitrogens is 3. The topological polar surface area (TPSA) is 128 Å². The highest BCUT2D eigenvalue weighted by molar-refractivity contribution is 5.74. The van der Waals surface area contributed by atoms with Crippen LogP contribution >= 0.6 is 0 Å². The number of hydrogen-bond acceptors (Lipinski definition) is 10. The summed E-state index contributed by atoms with van der Waals surface area (Å²) >= 11 is 0. The van der Waals surface area contributed by atoms with Gasteiger partial charge in [-0.3, -0.25) is 10.2 Å². The molecule has 0 radical (unpaired) electrons. The second-order valence-electron chi connectivity index (χ2n) is 3.96. The van der Waals surface area contributed by atoms with E-state index >= 15 is 0 Å². The molecular weight excluding hydrogens is 266 g/mol. The Morgan fingerprint density at radius 2 is 2.05 bits per heavy atom. The van der Waals surface area contributed by atoms with E-state index in [0.29, 0.717) is 32.3 Å². The summed E-state index contributed by atoms with van der Waals surface area (Å²) in [5.41, 5.74) is 2.37. The average molecular weight is 283 g/mol. The van der Waals surface area contributed by atoms with E-state index in [-0.39, 0.29) is 18.4 Å². The van der Waals surface area contributed by atoms with E-state index in [9.17, 15) is 4.79 Å². The van der Waals surface area contributed by atoms with E-state index in [1.807, 2.05) is 4.90 Å². The zero-order valence-corrected chi connectivity index (χ0v) is 11.1. The molecule has 0 bridgehead atoms. The van der Waals surface area contributed by atoms with Gasteiger partial charge in [0.1, 0.15) is 6.54 Å². The summed E-state index contributed by atoms with van der Waals surface area (Å²) < 4.78 is 9.81. The summed E-state index contributed by atoms with van der Waals surface area (Å²) in [6.45, 7) is 2.56. The number of morpholine rings is 1. The molecule has 20 heavy (non-hydrogen) atoms. The molecule has 1 aliphatic heterocycles. The summed E-state index contributed by atoms with van der Waals surface area (Å²) in [5, 5.41) is 2.76. The molecule has 1 saturated heterocycles. The number of hydrazine groups is 1. The van der Waals surface area contributed by atoms with Crippen LogP contribution in [0.15, 0.2) is 0 Å². The predicted octanol–water partition coefficient (Wildman–Crippen LogP) is -1.42. The SMILES string of the molecule is COC(=O)CNc1nc(NN)nc(N2CCOCC2)n1. The zero-order chi connectivity index (χ0) is 14.4. The minimum absolute atomic E-state index is 0.0346. The quantitative estimate of drug-likeness (QED) is 0.336. The van der Waals surface area contributed by atoms with Gasteiger partial charge in [0.15, 0.2) is 0 Å². The van der Waals surface area contributed by atoms with Crippen LogP contribution < -0.4 is 21.5 Å². The molecule has 4 N–H and O–H groups in total. The minimum Gasteiger partial charge on any atom is -0.468 e. The standard InChI is InChI=1S/C10H17N7O3/c1-19-7(18)6-12-8-13-9(16-11)15-10(14-8)17-2-4-20-5-3-17/h2-6,11H2,1H3,(H2,12,13,14,15,16). The third-order valence-corrected chi connectivity index (χ3v) is 2.67. The second-order valence-corrected chi connectivity index (χ2v) is 3.96. The van der Waals surface area contributed by atoms with Gasteiger partial charge < -0.3 is 19.7 Å². The second kappa shape index (κ2) is 6.82. The first kappa shape index (κ1) is 14.2. The number of nitrogens with zero attached hydrogens (tertiary/aromatic N) is 4. The lowest BCUT2D eigenvalue weighted by molar-refractivity contribution is -0.138. The van der Waals surface area contributed by atoms with Gasteiger partial charge in [-0.15, -0.1) is 0 Å². The lowest BCUT2D eigenvalue weighted by Crippen LogP contribution is -2.37. The van der Waals surface area contributed by atoms with Crippen molar-refractivity contribution in [3.63, 3.8) is 0 Å². The molecule has 0 aliphatic carbocycles. The molecule has 0 unspecified atom stereocenters. The van der Waals surface area contributed by atoms with Crippen molar-refractivity contribution in [1.82, 2.24) is 15.0 Å². The molecule has 0 amide bonds. The first-order chi connectivity index (χ1) is 9.72. The third kappa shape index (κ3) is 3.65. The fourth-order valence-corrected chi connectivity index (χ4v) is 1.64. The Bertz CT molecular complexity index is 464. The minimum atomic E-state index is -0.416. The van der Waals surface area contributed by atoms with E-state index in [2.05, 4.69) is 30.4 Å². The van der Waals surface area contributed by atoms with Gasteiger partial charge in [-0.1, -0.05) is 0 Å². The summed E-state index contributed by atoms with van der Waals surface area (Å²) in [5.74, 6) is 5.86. The summed E-state index contributed by atoms with van der Waals surface area (Å²) in [6.07, 6.45) is 0. The molecule has 110 valence electrons. The predicted molar refractivity (Wildman–Crippen MR) is 71.2 cm³/mol. The van der Waals surface area contributed by atoms with Crippen molar-refractivity contribution in [2.45, 2.75) is 0 Å². The molecule has 1 aromatic heterocycles. The van der Waals surface area contributed by atoms with Gasteiger partial charge in [0.25, 0.3) is 0 Å². The van der Waals surface area contributed by atoms with E-state index in [4.69, 9.17) is 10.6 Å². The van der Waals surface area contributed by atoms with E-state index in [0.717, 1.165) is 0 Å². The monoisotopic (exact) mass is 283 g/mol. The highest BCUT2D eigenvalue weighted by atomic mass is 16.5. The first-order valence-electron chi connectivity index (χ1n) is 6.09. The Morgan fingerprint density at radius 3 is 2.70 bits per heavy atom. The Labute approximate surface area is 115 Å². The van der Waals surface area contributed by atoms with Crippen LogP contribution in [0.25, 0.3) is 0 Å². The van der Waals surface area contributed by atoms with Crippen molar-refractivity contribution in [1.29, 1.82) is 0 Å². The average Bonchev–Trinajstić information content (AvgIpc) is 2.53. The van der Waals surface area contributed by atoms with Crippen LogP contribution in [-0.4, -0.2) is 60.9 Å². The molecule has 0 saturated carbocycles. The molecule has 2 heterocycles. The molecule has 0 aromatic carbocycles. The number of carbonyl (C=O) groups excluding carboxylic acids is 1. The maximum Gasteiger partial charge on any atom is 0.325 e. The number of anilines is 3. The smallest absolute Gasteiger partial charge is 0.325 e. The van der Waals surface area contributed by atoms with Crippen molar-refractivity contribution in [2.75, 3.05) is 55.6 Å². The third-order valence-electron chi connectivity index (χ3n) is 2.67. The highest BCUT2D eigenvalue weighted by Gasteiger charge is 2.16. The van der Waals surface area contributed by atoms with Crippen molar-refractivity contribution in [2.24, 2.45) is 5.84 Å². The number of ether oxygens (including phenoxy) is 2. The van der Waals surface area contributed by atoms with Gasteiger partial charge in [-0.05, 0) is 0 Å². The lowest BCUT2D eigenvalue weighted by Gasteiger charge is -2.27. The normalized spacial score (nSPS) is 14.8. The van der Waals surface area contributed by atoms with Gasteiger partial charge in [0.2, 0.25) is 17.8 Å². The molecule has 2 rings (SSSR count). The molecule has 1 fully saturated rings. The Balaban J connectivity index is 2.12. The molecular formula is C10H17N7O3. The Hall–Kier alpha value is -2.20. The number of nitrogen functional groups attached to an aromatic ring is 1. The van der Waals surface area contributed by atoms with Crippen molar-refractivity contribution in [3.05, 3.63) is 0 Å². The van der Waals surface area contributed by atoms with Gasteiger partial charge in [-0.25, -0.2) is 5.84 Å². The summed E-state index contributed by atoms with van der Waals surface area (Å²) in [6, 6.07) is 0. The fourth-order valence-electron chi connectivity index (χ4n) is 1.64. The van der Waals surface area contributed by atoms with Crippen LogP contribution in [0.1, 0.15) is 0 Å². The Kier molecular flexibility index (Phi) is 4.85. The molecule has 0 atom stereocenters. The summed E-state index contributed by atoms with van der Waals surface area (Å²) in [4.78, 5) is 25.5. The van der Waals surface area contributed by atoms with Crippen LogP contribution in [0.5, 0.6) is 0 Å². The molecule has 1 aliphatic rings. The van der Waals surface area contributed by atoms with E-state index in [1.54, 1.807) is 0 Å². The Morgan fingerprint density at radius 1 is 1.35 bits per heavy atom. The lowest BCUT2D eigenvalue weighted by atomic mass is 10.4. The van der Waals surface area contributed by atoms with Crippen LogP contribution in [0.2, 0.25) is 0 Å². The molecule has 10 heteroatoms. The van der Waals surface area contributed by atoms with Crippen LogP contribution in [0.3, 0.4) is 0 Å². The molecule has 1 aromatic rings. The van der Waals surface area contributed by atoms with Crippen molar-refractivity contribution >= 4 is 23.8 Å². The number of carbonyl (C=O) groups is 1. The molecule has 10 nitrogen and oxygen atoms in total. The molecule has 0 spiro atoms. The van der Waals surface area contributed by atoms with Gasteiger partial charge in [-0.2, -0.15) is 15.0 Å². The number of rotatable bonds is 5.